The molecule has 0 bridgehead atoms. The Kier molecular flexibility index (Phi) is 7.38. The number of methoxy groups -OCH3 is 1. The molecule has 6 rings (SSSR count). The van der Waals surface area contributed by atoms with Gasteiger partial charge in [-0.25, -0.2) is 14.4 Å². The highest BCUT2D eigenvalue weighted by atomic mass is 35.5. The third-order valence-corrected chi connectivity index (χ3v) is 7.48. The Balaban J connectivity index is 1.30. The van der Waals surface area contributed by atoms with Crippen molar-refractivity contribution in [1.82, 2.24) is 20.2 Å². The van der Waals surface area contributed by atoms with E-state index in [1.165, 1.54) is 13.2 Å². The predicted molar refractivity (Wildman–Crippen MR) is 158 cm³/mol. The van der Waals surface area contributed by atoms with Crippen molar-refractivity contribution < 1.29 is 13.9 Å². The molecule has 0 saturated carbocycles. The minimum atomic E-state index is -0.443. The first-order chi connectivity index (χ1) is 19.9. The lowest BCUT2D eigenvalue weighted by Gasteiger charge is -2.32. The number of halogens is 2. The Bertz CT molecular complexity index is 1660. The number of carbonyl (C=O) groups is 1. The molecule has 0 aliphatic carbocycles. The molecule has 0 radical (unpaired) electrons. The van der Waals surface area contributed by atoms with Crippen LogP contribution in [0, 0.1) is 5.82 Å². The van der Waals surface area contributed by atoms with Crippen LogP contribution in [0.5, 0.6) is 5.75 Å². The fourth-order valence-corrected chi connectivity index (χ4v) is 5.40. The van der Waals surface area contributed by atoms with Crippen molar-refractivity contribution in [2.75, 3.05) is 32.1 Å². The molecule has 208 valence electrons. The van der Waals surface area contributed by atoms with E-state index >= 15 is 4.39 Å². The van der Waals surface area contributed by atoms with Crippen LogP contribution < -0.4 is 15.4 Å². The van der Waals surface area contributed by atoms with E-state index in [9.17, 15) is 4.79 Å². The van der Waals surface area contributed by atoms with E-state index in [4.69, 9.17) is 26.3 Å². The predicted octanol–water partition coefficient (Wildman–Crippen LogP) is 5.47. The first kappa shape index (κ1) is 26.9. The van der Waals surface area contributed by atoms with Crippen molar-refractivity contribution in [3.05, 3.63) is 100.0 Å². The van der Waals surface area contributed by atoms with E-state index in [2.05, 4.69) is 22.5 Å². The maximum Gasteiger partial charge on any atom is 0.253 e. The average molecular weight is 571 g/mol. The van der Waals surface area contributed by atoms with Crippen molar-refractivity contribution in [1.29, 1.82) is 0 Å². The Labute approximate surface area is 242 Å². The lowest BCUT2D eigenvalue weighted by Crippen LogP contribution is -2.51. The molecule has 1 unspecified atom stereocenters. The van der Waals surface area contributed by atoms with Gasteiger partial charge in [0.05, 0.1) is 30.6 Å². The highest BCUT2D eigenvalue weighted by Crippen LogP contribution is 2.36. The summed E-state index contributed by atoms with van der Waals surface area (Å²) in [5, 5.41) is 7.09. The molecule has 2 aliphatic heterocycles. The summed E-state index contributed by atoms with van der Waals surface area (Å²) in [5.41, 5.74) is 4.93. The van der Waals surface area contributed by atoms with Gasteiger partial charge in [0.25, 0.3) is 5.91 Å². The van der Waals surface area contributed by atoms with Crippen LogP contribution in [0.2, 0.25) is 5.02 Å². The second kappa shape index (κ2) is 11.3. The van der Waals surface area contributed by atoms with Gasteiger partial charge in [0.1, 0.15) is 11.6 Å². The Morgan fingerprint density at radius 3 is 2.76 bits per heavy atom. The Hall–Kier alpha value is -4.34. The number of hydrogen-bond donors (Lipinski definition) is 2. The summed E-state index contributed by atoms with van der Waals surface area (Å²) in [7, 11) is 1.50. The molecule has 1 fully saturated rings. The number of piperazine rings is 1. The largest absolute Gasteiger partial charge is 0.496 e. The molecule has 4 aromatic rings. The van der Waals surface area contributed by atoms with Crippen molar-refractivity contribution in [3.63, 3.8) is 0 Å². The van der Waals surface area contributed by atoms with Gasteiger partial charge in [-0.05, 0) is 55.5 Å². The lowest BCUT2D eigenvalue weighted by molar-refractivity contribution is 0.0709. The molecule has 3 heterocycles. The quantitative estimate of drug-likeness (QED) is 0.330. The first-order valence-corrected chi connectivity index (χ1v) is 13.7. The number of hydrogen-bond acceptors (Lipinski definition) is 7. The van der Waals surface area contributed by atoms with Gasteiger partial charge < -0.3 is 20.3 Å². The molecule has 10 heteroatoms. The molecular formula is C31H28ClFN6O2. The highest BCUT2D eigenvalue weighted by Gasteiger charge is 2.26. The van der Waals surface area contributed by atoms with Crippen molar-refractivity contribution >= 4 is 34.9 Å². The number of aliphatic imine (C=N–C) groups is 1. The van der Waals surface area contributed by atoms with Gasteiger partial charge in [-0.2, -0.15) is 0 Å². The zero-order valence-electron chi connectivity index (χ0n) is 22.6. The van der Waals surface area contributed by atoms with E-state index in [0.29, 0.717) is 52.3 Å². The summed E-state index contributed by atoms with van der Waals surface area (Å²) in [6, 6.07) is 17.6. The number of ether oxygens (including phenoxy) is 1. The highest BCUT2D eigenvalue weighted by molar-refractivity contribution is 6.31. The first-order valence-electron chi connectivity index (χ1n) is 13.3. The Morgan fingerprint density at radius 2 is 1.98 bits per heavy atom. The van der Waals surface area contributed by atoms with E-state index < -0.39 is 5.82 Å². The molecule has 1 aromatic heterocycles. The van der Waals surface area contributed by atoms with E-state index in [-0.39, 0.29) is 24.1 Å². The van der Waals surface area contributed by atoms with Crippen LogP contribution in [0.3, 0.4) is 0 Å². The monoisotopic (exact) mass is 570 g/mol. The summed E-state index contributed by atoms with van der Waals surface area (Å²) >= 11 is 6.40. The molecule has 1 amide bonds. The van der Waals surface area contributed by atoms with Crippen LogP contribution in [0.25, 0.3) is 11.3 Å². The molecule has 1 atom stereocenters. The van der Waals surface area contributed by atoms with Gasteiger partial charge in [-0.1, -0.05) is 23.7 Å². The van der Waals surface area contributed by atoms with Gasteiger partial charge in [0, 0.05) is 64.8 Å². The molecule has 2 aliphatic rings. The molecule has 3 aromatic carbocycles. The smallest absolute Gasteiger partial charge is 0.253 e. The second-order valence-electron chi connectivity index (χ2n) is 10.0. The third-order valence-electron chi connectivity index (χ3n) is 7.24. The number of aromatic nitrogens is 2. The normalized spacial score (nSPS) is 16.2. The zero-order valence-corrected chi connectivity index (χ0v) is 23.4. The summed E-state index contributed by atoms with van der Waals surface area (Å²) < 4.78 is 20.6. The third kappa shape index (κ3) is 5.38. The minimum absolute atomic E-state index is 0.0173. The van der Waals surface area contributed by atoms with Crippen LogP contribution in [0.1, 0.15) is 34.0 Å². The van der Waals surface area contributed by atoms with Crippen LogP contribution in [-0.2, 0) is 6.54 Å². The Morgan fingerprint density at radius 1 is 1.15 bits per heavy atom. The van der Waals surface area contributed by atoms with Gasteiger partial charge in [-0.3, -0.25) is 9.79 Å². The number of fused-ring (bicyclic) bond motifs is 3. The van der Waals surface area contributed by atoms with Crippen molar-refractivity contribution in [2.45, 2.75) is 19.5 Å². The summed E-state index contributed by atoms with van der Waals surface area (Å²) in [6.07, 6.45) is 1.72. The van der Waals surface area contributed by atoms with Crippen LogP contribution in [0.4, 0.5) is 16.0 Å². The molecule has 8 nitrogen and oxygen atoms in total. The number of benzene rings is 3. The van der Waals surface area contributed by atoms with Gasteiger partial charge >= 0.3 is 0 Å². The molecular weight excluding hydrogens is 543 g/mol. The average Bonchev–Trinajstić information content (AvgIpc) is 3.13. The fraction of sp³-hybridized carbons (Fsp3) is 0.226. The number of carbonyl (C=O) groups excluding carboxylic acids is 1. The van der Waals surface area contributed by atoms with Crippen molar-refractivity contribution in [3.8, 4) is 17.0 Å². The molecule has 2 N–H and O–H groups in total. The fourth-order valence-electron chi connectivity index (χ4n) is 5.23. The number of anilines is 2. The number of rotatable bonds is 5. The van der Waals surface area contributed by atoms with Gasteiger partial charge in [-0.15, -0.1) is 0 Å². The number of nitrogens with zero attached hydrogens (tertiary/aromatic N) is 4. The number of amides is 1. The van der Waals surface area contributed by atoms with Gasteiger partial charge in [0.2, 0.25) is 5.95 Å². The van der Waals surface area contributed by atoms with E-state index in [0.717, 1.165) is 23.4 Å². The minimum Gasteiger partial charge on any atom is -0.496 e. The van der Waals surface area contributed by atoms with Gasteiger partial charge in [0.15, 0.2) is 0 Å². The van der Waals surface area contributed by atoms with Crippen LogP contribution >= 0.6 is 11.6 Å². The number of nitrogens with one attached hydrogen (secondary N) is 2. The summed E-state index contributed by atoms with van der Waals surface area (Å²) in [6.45, 7) is 4.48. The molecule has 1 saturated heterocycles. The SMILES string of the molecule is COc1cccc(F)c1C1=NCc2cnc(Nc3ccc(C(=O)N4CCNC(C)C4)cc3)nc2-c2ccc(Cl)cc21. The zero-order chi connectivity index (χ0) is 28.5. The second-order valence-corrected chi connectivity index (χ2v) is 10.5. The maximum atomic E-state index is 15.1. The molecule has 41 heavy (non-hydrogen) atoms. The molecule has 0 spiro atoms. The van der Waals surface area contributed by atoms with E-state index in [1.807, 2.05) is 23.1 Å². The lowest BCUT2D eigenvalue weighted by atomic mass is 9.94. The summed E-state index contributed by atoms with van der Waals surface area (Å²) in [5.74, 6) is 0.333. The topological polar surface area (TPSA) is 91.7 Å². The standard InChI is InChI=1S/C31H28ClFN6O2/c1-18-17-39(13-12-34-18)30(40)19-6-9-22(10-7-19)37-31-36-16-20-15-35-29(27-25(33)4-3-5-26(27)41-2)24-14-21(32)8-11-23(24)28(20)38-31/h3-11,14,16,18,34H,12-13,15,17H2,1-2H3,(H,36,37,38). The van der Waals surface area contributed by atoms with Crippen LogP contribution in [0.15, 0.2) is 71.9 Å². The summed E-state index contributed by atoms with van der Waals surface area (Å²) in [4.78, 5) is 28.9. The van der Waals surface area contributed by atoms with E-state index in [1.54, 1.807) is 42.6 Å². The van der Waals surface area contributed by atoms with Crippen molar-refractivity contribution in [2.24, 2.45) is 4.99 Å². The maximum absolute atomic E-state index is 15.1. The van der Waals surface area contributed by atoms with Crippen LogP contribution in [-0.4, -0.2) is 59.3 Å².